The van der Waals surface area contributed by atoms with E-state index in [-0.39, 0.29) is 0 Å². The van der Waals surface area contributed by atoms with Crippen molar-refractivity contribution in [3.05, 3.63) is 46.3 Å². The molecule has 0 radical (unpaired) electrons. The maximum atomic E-state index is 9.39. The highest BCUT2D eigenvalue weighted by atomic mass is 35.5. The van der Waals surface area contributed by atoms with Crippen LogP contribution in [0.25, 0.3) is 22.0 Å². The number of fused-ring (bicyclic) bond motifs is 1. The van der Waals surface area contributed by atoms with Gasteiger partial charge in [0, 0.05) is 34.9 Å². The quantitative estimate of drug-likeness (QED) is 0.591. The molecule has 2 N–H and O–H groups in total. The number of benzene rings is 1. The minimum absolute atomic E-state index is 0.428. The lowest BCUT2D eigenvalue weighted by Crippen LogP contribution is -2.11. The molecule has 0 amide bonds. The molecule has 2 aromatic heterocycles. The second kappa shape index (κ2) is 6.83. The molecule has 0 aliphatic heterocycles. The summed E-state index contributed by atoms with van der Waals surface area (Å²) in [5.74, 6) is 0. The van der Waals surface area contributed by atoms with Gasteiger partial charge in [-0.05, 0) is 25.0 Å². The Balaban J connectivity index is 2.00. The normalized spacial score (nSPS) is 15.3. The first-order valence-corrected chi connectivity index (χ1v) is 9.49. The van der Waals surface area contributed by atoms with Gasteiger partial charge in [0.15, 0.2) is 0 Å². The summed E-state index contributed by atoms with van der Waals surface area (Å²) in [5, 5.41) is 11.3. The van der Waals surface area contributed by atoms with Crippen molar-refractivity contribution in [1.82, 2.24) is 9.55 Å². The zero-order chi connectivity index (χ0) is 18.3. The van der Waals surface area contributed by atoms with Crippen LogP contribution in [0.5, 0.6) is 0 Å². The zero-order valence-corrected chi connectivity index (χ0v) is 15.7. The summed E-state index contributed by atoms with van der Waals surface area (Å²) in [6.45, 7) is 0. The summed E-state index contributed by atoms with van der Waals surface area (Å²) in [4.78, 5) is 4.20. The Morgan fingerprint density at radius 1 is 1.12 bits per heavy atom. The smallest absolute Gasteiger partial charge is 0.101 e. The molecule has 0 saturated heterocycles. The van der Waals surface area contributed by atoms with E-state index in [0.717, 1.165) is 34.9 Å². The van der Waals surface area contributed by atoms with E-state index in [1.54, 1.807) is 12.4 Å². The van der Waals surface area contributed by atoms with Gasteiger partial charge in [0.05, 0.1) is 33.0 Å². The van der Waals surface area contributed by atoms with Crippen LogP contribution < -0.4 is 5.73 Å². The highest BCUT2D eigenvalue weighted by Gasteiger charge is 2.22. The Kier molecular flexibility index (Phi) is 4.52. The van der Waals surface area contributed by atoms with Crippen LogP contribution in [0.15, 0.2) is 30.7 Å². The highest BCUT2D eigenvalue weighted by Crippen LogP contribution is 2.41. The molecule has 0 bridgehead atoms. The molecule has 26 heavy (non-hydrogen) atoms. The third kappa shape index (κ3) is 2.82. The standard InChI is InChI=1S/C20H18Cl2N4/c21-17-7-19-14(6-12(17)8-23)16(15-9-25-10-18(24)20(15)22)11-26(19)13-4-2-1-3-5-13/h6-7,9-11,13H,1-5,24H2. The number of anilines is 1. The van der Waals surface area contributed by atoms with Gasteiger partial charge in [-0.2, -0.15) is 5.26 Å². The lowest BCUT2D eigenvalue weighted by molar-refractivity contribution is 0.361. The van der Waals surface area contributed by atoms with Gasteiger partial charge in [-0.1, -0.05) is 42.5 Å². The second-order valence-electron chi connectivity index (χ2n) is 6.79. The molecule has 1 aliphatic rings. The average molecular weight is 385 g/mol. The van der Waals surface area contributed by atoms with Crippen molar-refractivity contribution < 1.29 is 0 Å². The highest BCUT2D eigenvalue weighted by molar-refractivity contribution is 6.36. The monoisotopic (exact) mass is 384 g/mol. The van der Waals surface area contributed by atoms with Crippen molar-refractivity contribution in [3.63, 3.8) is 0 Å². The van der Waals surface area contributed by atoms with Gasteiger partial charge in [-0.15, -0.1) is 0 Å². The van der Waals surface area contributed by atoms with Crippen molar-refractivity contribution in [2.75, 3.05) is 5.73 Å². The molecular formula is C20H18Cl2N4. The Bertz CT molecular complexity index is 1030. The lowest BCUT2D eigenvalue weighted by Gasteiger charge is -2.24. The maximum Gasteiger partial charge on any atom is 0.101 e. The Morgan fingerprint density at radius 3 is 2.62 bits per heavy atom. The molecule has 1 aromatic carbocycles. The molecule has 4 rings (SSSR count). The van der Waals surface area contributed by atoms with Gasteiger partial charge in [0.2, 0.25) is 0 Å². The molecule has 1 saturated carbocycles. The van der Waals surface area contributed by atoms with Crippen molar-refractivity contribution >= 4 is 39.8 Å². The second-order valence-corrected chi connectivity index (χ2v) is 7.58. The predicted molar refractivity (Wildman–Crippen MR) is 106 cm³/mol. The van der Waals surface area contributed by atoms with Gasteiger partial charge in [-0.3, -0.25) is 4.98 Å². The van der Waals surface area contributed by atoms with Crippen molar-refractivity contribution in [2.45, 2.75) is 38.1 Å². The van der Waals surface area contributed by atoms with Crippen LogP contribution >= 0.6 is 23.2 Å². The van der Waals surface area contributed by atoms with Crippen LogP contribution in [0.1, 0.15) is 43.7 Å². The molecule has 0 unspecified atom stereocenters. The van der Waals surface area contributed by atoms with Crippen molar-refractivity contribution in [1.29, 1.82) is 5.26 Å². The fraction of sp³-hybridized carbons (Fsp3) is 0.300. The van der Waals surface area contributed by atoms with E-state index in [1.165, 1.54) is 19.3 Å². The maximum absolute atomic E-state index is 9.39. The first kappa shape index (κ1) is 17.2. The number of nitrogens with zero attached hydrogens (tertiary/aromatic N) is 3. The number of rotatable bonds is 2. The van der Waals surface area contributed by atoms with E-state index in [4.69, 9.17) is 28.9 Å². The molecule has 1 fully saturated rings. The van der Waals surface area contributed by atoms with Crippen LogP contribution in [0.3, 0.4) is 0 Å². The molecule has 0 atom stereocenters. The molecular weight excluding hydrogens is 367 g/mol. The topological polar surface area (TPSA) is 67.6 Å². The van der Waals surface area contributed by atoms with Gasteiger partial charge >= 0.3 is 0 Å². The summed E-state index contributed by atoms with van der Waals surface area (Å²) < 4.78 is 2.29. The molecule has 6 heteroatoms. The number of nitriles is 1. The first-order valence-electron chi connectivity index (χ1n) is 8.73. The fourth-order valence-electron chi connectivity index (χ4n) is 3.88. The number of nitrogen functional groups attached to an aromatic ring is 1. The Morgan fingerprint density at radius 2 is 1.88 bits per heavy atom. The molecule has 4 nitrogen and oxygen atoms in total. The van der Waals surface area contributed by atoms with Gasteiger partial charge in [0.1, 0.15) is 6.07 Å². The zero-order valence-electron chi connectivity index (χ0n) is 14.2. The number of pyridine rings is 1. The third-order valence-corrected chi connectivity index (χ3v) is 5.94. The molecule has 132 valence electrons. The number of halogens is 2. The minimum Gasteiger partial charge on any atom is -0.396 e. The van der Waals surface area contributed by atoms with E-state index >= 15 is 0 Å². The Labute approximate surface area is 162 Å². The van der Waals surface area contributed by atoms with E-state index in [2.05, 4.69) is 21.8 Å². The van der Waals surface area contributed by atoms with E-state index in [9.17, 15) is 5.26 Å². The lowest BCUT2D eigenvalue weighted by atomic mass is 9.95. The summed E-state index contributed by atoms with van der Waals surface area (Å²) in [6, 6.07) is 6.32. The van der Waals surface area contributed by atoms with Crippen molar-refractivity contribution in [2.24, 2.45) is 0 Å². The first-order chi connectivity index (χ1) is 12.6. The van der Waals surface area contributed by atoms with Crippen LogP contribution in [0.2, 0.25) is 10.0 Å². The number of hydrogen-bond donors (Lipinski definition) is 1. The third-order valence-electron chi connectivity index (χ3n) is 5.21. The minimum atomic E-state index is 0.428. The fourth-order valence-corrected chi connectivity index (χ4v) is 4.28. The molecule has 2 heterocycles. The van der Waals surface area contributed by atoms with Crippen LogP contribution in [-0.4, -0.2) is 9.55 Å². The van der Waals surface area contributed by atoms with E-state index < -0.39 is 0 Å². The molecule has 3 aromatic rings. The van der Waals surface area contributed by atoms with E-state index in [1.807, 2.05) is 12.1 Å². The van der Waals surface area contributed by atoms with E-state index in [0.29, 0.717) is 27.3 Å². The SMILES string of the molecule is N#Cc1cc2c(-c3cncc(N)c3Cl)cn(C3CCCCC3)c2cc1Cl. The van der Waals surface area contributed by atoms with Gasteiger partial charge < -0.3 is 10.3 Å². The Hall–Kier alpha value is -2.22. The summed E-state index contributed by atoms with van der Waals surface area (Å²) >= 11 is 12.8. The average Bonchev–Trinajstić information content (AvgIpc) is 3.02. The van der Waals surface area contributed by atoms with Crippen LogP contribution in [-0.2, 0) is 0 Å². The van der Waals surface area contributed by atoms with Gasteiger partial charge in [0.25, 0.3) is 0 Å². The van der Waals surface area contributed by atoms with Crippen LogP contribution in [0, 0.1) is 11.3 Å². The van der Waals surface area contributed by atoms with Crippen molar-refractivity contribution in [3.8, 4) is 17.2 Å². The van der Waals surface area contributed by atoms with Crippen LogP contribution in [0.4, 0.5) is 5.69 Å². The molecule has 0 spiro atoms. The predicted octanol–water partition coefficient (Wildman–Crippen LogP) is 5.97. The number of hydrogen-bond acceptors (Lipinski definition) is 3. The molecule has 1 aliphatic carbocycles. The largest absolute Gasteiger partial charge is 0.396 e. The van der Waals surface area contributed by atoms with Gasteiger partial charge in [-0.25, -0.2) is 0 Å². The summed E-state index contributed by atoms with van der Waals surface area (Å²) in [6.07, 6.45) is 11.4. The summed E-state index contributed by atoms with van der Waals surface area (Å²) in [7, 11) is 0. The number of aromatic nitrogens is 2. The number of nitrogens with two attached hydrogens (primary N) is 1. The summed E-state index contributed by atoms with van der Waals surface area (Å²) in [5.41, 5.74) is 9.58.